The molecule has 0 unspecified atom stereocenters. The van der Waals surface area contributed by atoms with Crippen molar-refractivity contribution in [2.24, 2.45) is 7.05 Å². The topological polar surface area (TPSA) is 29.4 Å². The average Bonchev–Trinajstić information content (AvgIpc) is 2.89. The van der Waals surface area contributed by atoms with Crippen molar-refractivity contribution in [3.05, 3.63) is 48.0 Å². The Bertz CT molecular complexity index is 850. The number of rotatable bonds is 5. The maximum Gasteiger partial charge on any atom is 0.128 e. The Morgan fingerprint density at radius 3 is 2.38 bits per heavy atom. The first-order valence-electron chi connectivity index (χ1n) is 8.26. The SMILES string of the molecule is CCc1c(N(C)C)n(C)c2c(Nc3ccccc3)ccc(OC)c12. The normalized spacial score (nSPS) is 10.9. The first kappa shape index (κ1) is 16.2. The summed E-state index contributed by atoms with van der Waals surface area (Å²) in [4.78, 5) is 2.17. The Balaban J connectivity index is 2.29. The van der Waals surface area contributed by atoms with Gasteiger partial charge in [-0.3, -0.25) is 0 Å². The summed E-state index contributed by atoms with van der Waals surface area (Å²) in [6, 6.07) is 14.4. The molecule has 1 N–H and O–H groups in total. The van der Waals surface area contributed by atoms with Crippen LogP contribution < -0.4 is 15.0 Å². The van der Waals surface area contributed by atoms with Gasteiger partial charge in [-0.15, -0.1) is 0 Å². The fourth-order valence-corrected chi connectivity index (χ4v) is 3.49. The highest BCUT2D eigenvalue weighted by molar-refractivity contribution is 6.03. The van der Waals surface area contributed by atoms with Crippen LogP contribution in [0.5, 0.6) is 5.75 Å². The number of para-hydroxylation sites is 1. The van der Waals surface area contributed by atoms with Crippen LogP contribution >= 0.6 is 0 Å². The maximum absolute atomic E-state index is 5.66. The zero-order valence-corrected chi connectivity index (χ0v) is 15.1. The van der Waals surface area contributed by atoms with Crippen LogP contribution in [0.2, 0.25) is 0 Å². The monoisotopic (exact) mass is 323 g/mol. The molecule has 1 aromatic heterocycles. The lowest BCUT2D eigenvalue weighted by Gasteiger charge is -2.16. The number of methoxy groups -OCH3 is 1. The van der Waals surface area contributed by atoms with Crippen molar-refractivity contribution < 1.29 is 4.74 Å². The van der Waals surface area contributed by atoms with Gasteiger partial charge in [-0.05, 0) is 30.7 Å². The summed E-state index contributed by atoms with van der Waals surface area (Å²) >= 11 is 0. The number of aromatic nitrogens is 1. The van der Waals surface area contributed by atoms with Crippen LogP contribution in [0.3, 0.4) is 0 Å². The molecule has 0 bridgehead atoms. The summed E-state index contributed by atoms with van der Waals surface area (Å²) < 4.78 is 7.92. The van der Waals surface area contributed by atoms with Gasteiger partial charge in [-0.1, -0.05) is 25.1 Å². The van der Waals surface area contributed by atoms with Crippen molar-refractivity contribution in [1.29, 1.82) is 0 Å². The first-order chi connectivity index (χ1) is 11.6. The molecule has 0 radical (unpaired) electrons. The van der Waals surface area contributed by atoms with Gasteiger partial charge < -0.3 is 19.5 Å². The fraction of sp³-hybridized carbons (Fsp3) is 0.300. The minimum atomic E-state index is 0.921. The Hall–Kier alpha value is -2.62. The molecule has 0 fully saturated rings. The van der Waals surface area contributed by atoms with E-state index in [9.17, 15) is 0 Å². The predicted molar refractivity (Wildman–Crippen MR) is 103 cm³/mol. The van der Waals surface area contributed by atoms with E-state index in [1.807, 2.05) is 24.3 Å². The third-order valence-electron chi connectivity index (χ3n) is 4.41. The quantitative estimate of drug-likeness (QED) is 0.746. The average molecular weight is 323 g/mol. The van der Waals surface area contributed by atoms with Crippen molar-refractivity contribution in [3.63, 3.8) is 0 Å². The number of hydrogen-bond donors (Lipinski definition) is 1. The molecule has 0 amide bonds. The van der Waals surface area contributed by atoms with Gasteiger partial charge in [0.2, 0.25) is 0 Å². The van der Waals surface area contributed by atoms with Crippen LogP contribution in [-0.4, -0.2) is 25.8 Å². The van der Waals surface area contributed by atoms with Crippen molar-refractivity contribution in [2.75, 3.05) is 31.4 Å². The van der Waals surface area contributed by atoms with Crippen molar-refractivity contribution in [3.8, 4) is 5.75 Å². The van der Waals surface area contributed by atoms with Crippen LogP contribution in [0, 0.1) is 0 Å². The van der Waals surface area contributed by atoms with E-state index in [0.29, 0.717) is 0 Å². The van der Waals surface area contributed by atoms with E-state index in [1.165, 1.54) is 22.3 Å². The van der Waals surface area contributed by atoms with Crippen LogP contribution in [0.15, 0.2) is 42.5 Å². The minimum Gasteiger partial charge on any atom is -0.496 e. The summed E-state index contributed by atoms with van der Waals surface area (Å²) in [5.74, 6) is 2.14. The molecule has 0 saturated heterocycles. The highest BCUT2D eigenvalue weighted by Gasteiger charge is 2.21. The van der Waals surface area contributed by atoms with Gasteiger partial charge in [0.15, 0.2) is 0 Å². The van der Waals surface area contributed by atoms with E-state index >= 15 is 0 Å². The van der Waals surface area contributed by atoms with E-state index in [1.54, 1.807) is 7.11 Å². The number of fused-ring (bicyclic) bond motifs is 1. The van der Waals surface area contributed by atoms with E-state index in [4.69, 9.17) is 4.74 Å². The molecule has 1 heterocycles. The van der Waals surface area contributed by atoms with E-state index in [0.717, 1.165) is 23.5 Å². The number of aryl methyl sites for hydroxylation is 2. The van der Waals surface area contributed by atoms with Crippen molar-refractivity contribution in [1.82, 2.24) is 4.57 Å². The molecular weight excluding hydrogens is 298 g/mol. The molecular formula is C20H25N3O. The van der Waals surface area contributed by atoms with Gasteiger partial charge in [0, 0.05) is 37.8 Å². The van der Waals surface area contributed by atoms with Gasteiger partial charge >= 0.3 is 0 Å². The summed E-state index contributed by atoms with van der Waals surface area (Å²) in [5.41, 5.74) is 4.64. The lowest BCUT2D eigenvalue weighted by atomic mass is 10.1. The molecule has 3 rings (SSSR count). The Labute approximate surface area is 143 Å². The molecule has 0 spiro atoms. The smallest absolute Gasteiger partial charge is 0.128 e. The molecule has 0 aliphatic carbocycles. The number of nitrogens with one attached hydrogen (secondary N) is 1. The molecule has 3 aromatic rings. The first-order valence-corrected chi connectivity index (χ1v) is 8.26. The van der Waals surface area contributed by atoms with Crippen LogP contribution in [0.4, 0.5) is 17.2 Å². The van der Waals surface area contributed by atoms with Crippen molar-refractivity contribution >= 4 is 28.1 Å². The van der Waals surface area contributed by atoms with Crippen LogP contribution in [0.1, 0.15) is 12.5 Å². The standard InChI is InChI=1S/C20H25N3O/c1-6-15-18-17(24-5)13-12-16(21-14-10-8-7-9-11-14)19(18)23(4)20(15)22(2)3/h7-13,21H,6H2,1-5H3. The lowest BCUT2D eigenvalue weighted by Crippen LogP contribution is -2.14. The van der Waals surface area contributed by atoms with Gasteiger partial charge in [0.25, 0.3) is 0 Å². The van der Waals surface area contributed by atoms with Gasteiger partial charge in [0.1, 0.15) is 11.6 Å². The Morgan fingerprint density at radius 2 is 1.79 bits per heavy atom. The molecule has 4 heteroatoms. The fourth-order valence-electron chi connectivity index (χ4n) is 3.49. The number of ether oxygens (including phenoxy) is 1. The summed E-state index contributed by atoms with van der Waals surface area (Å²) in [7, 11) is 8.03. The summed E-state index contributed by atoms with van der Waals surface area (Å²) in [5, 5.41) is 4.73. The Morgan fingerprint density at radius 1 is 1.08 bits per heavy atom. The number of benzene rings is 2. The van der Waals surface area contributed by atoms with Crippen molar-refractivity contribution in [2.45, 2.75) is 13.3 Å². The number of hydrogen-bond acceptors (Lipinski definition) is 3. The number of nitrogens with zero attached hydrogens (tertiary/aromatic N) is 2. The highest BCUT2D eigenvalue weighted by Crippen LogP contribution is 2.41. The molecule has 2 aromatic carbocycles. The maximum atomic E-state index is 5.66. The molecule has 0 aliphatic heterocycles. The molecule has 126 valence electrons. The van der Waals surface area contributed by atoms with E-state index in [-0.39, 0.29) is 0 Å². The minimum absolute atomic E-state index is 0.921. The predicted octanol–water partition coefficient (Wildman–Crippen LogP) is 4.56. The third kappa shape index (κ3) is 2.58. The summed E-state index contributed by atoms with van der Waals surface area (Å²) in [6.45, 7) is 2.19. The molecule has 0 aliphatic rings. The zero-order chi connectivity index (χ0) is 17.3. The molecule has 0 saturated carbocycles. The molecule has 24 heavy (non-hydrogen) atoms. The molecule has 4 nitrogen and oxygen atoms in total. The van der Waals surface area contributed by atoms with Crippen LogP contribution in [-0.2, 0) is 13.5 Å². The summed E-state index contributed by atoms with van der Waals surface area (Å²) in [6.07, 6.45) is 0.954. The largest absolute Gasteiger partial charge is 0.496 e. The van der Waals surface area contributed by atoms with Gasteiger partial charge in [-0.25, -0.2) is 0 Å². The molecule has 0 atom stereocenters. The van der Waals surface area contributed by atoms with Gasteiger partial charge in [0.05, 0.1) is 18.3 Å². The van der Waals surface area contributed by atoms with Crippen LogP contribution in [0.25, 0.3) is 10.9 Å². The Kier molecular flexibility index (Phi) is 4.38. The second kappa shape index (κ2) is 6.48. The lowest BCUT2D eigenvalue weighted by molar-refractivity contribution is 0.419. The second-order valence-electron chi connectivity index (χ2n) is 6.14. The van der Waals surface area contributed by atoms with E-state index in [2.05, 4.69) is 61.0 Å². The van der Waals surface area contributed by atoms with E-state index < -0.39 is 0 Å². The third-order valence-corrected chi connectivity index (χ3v) is 4.41. The zero-order valence-electron chi connectivity index (χ0n) is 15.1. The highest BCUT2D eigenvalue weighted by atomic mass is 16.5. The number of anilines is 3. The second-order valence-corrected chi connectivity index (χ2v) is 6.14. The van der Waals surface area contributed by atoms with Gasteiger partial charge in [-0.2, -0.15) is 0 Å².